The third kappa shape index (κ3) is 5.12. The lowest BCUT2D eigenvalue weighted by Crippen LogP contribution is -2.38. The molecule has 0 fully saturated rings. The Morgan fingerprint density at radius 3 is 2.54 bits per heavy atom. The van der Waals surface area contributed by atoms with Crippen LogP contribution in [0.15, 0.2) is 46.1 Å². The molecule has 0 aliphatic rings. The van der Waals surface area contributed by atoms with Gasteiger partial charge in [-0.2, -0.15) is 13.2 Å². The first-order valence-electron chi connectivity index (χ1n) is 10.3. The molecule has 35 heavy (non-hydrogen) atoms. The Kier molecular flexibility index (Phi) is 6.76. The van der Waals surface area contributed by atoms with E-state index < -0.39 is 30.1 Å². The molecular formula is C23H19ClF3N3O4S. The number of ether oxygens (including phenoxy) is 1. The molecule has 1 aromatic carbocycles. The minimum Gasteiger partial charge on any atom is -0.472 e. The van der Waals surface area contributed by atoms with Crippen LogP contribution in [0.3, 0.4) is 0 Å². The molecule has 184 valence electrons. The van der Waals surface area contributed by atoms with Crippen molar-refractivity contribution in [2.75, 3.05) is 0 Å². The van der Waals surface area contributed by atoms with Gasteiger partial charge in [-0.3, -0.25) is 14.3 Å². The van der Waals surface area contributed by atoms with Gasteiger partial charge in [-0.25, -0.2) is 9.78 Å². The summed E-state index contributed by atoms with van der Waals surface area (Å²) in [4.78, 5) is 31.5. The van der Waals surface area contributed by atoms with E-state index in [4.69, 9.17) is 16.3 Å². The van der Waals surface area contributed by atoms with E-state index in [1.54, 1.807) is 13.0 Å². The Bertz CT molecular complexity index is 1510. The molecular weight excluding hydrogens is 507 g/mol. The molecule has 4 aromatic rings. The largest absolute Gasteiger partial charge is 0.472 e. The van der Waals surface area contributed by atoms with Crippen LogP contribution in [-0.4, -0.2) is 31.9 Å². The van der Waals surface area contributed by atoms with Crippen molar-refractivity contribution in [3.63, 3.8) is 0 Å². The zero-order valence-corrected chi connectivity index (χ0v) is 20.0. The van der Waals surface area contributed by atoms with Gasteiger partial charge in [-0.1, -0.05) is 41.4 Å². The monoisotopic (exact) mass is 525 g/mol. The molecule has 0 bridgehead atoms. The lowest BCUT2D eigenvalue weighted by molar-refractivity contribution is -0.207. The summed E-state index contributed by atoms with van der Waals surface area (Å²) in [5, 5.41) is 9.74. The Morgan fingerprint density at radius 2 is 1.91 bits per heavy atom. The van der Waals surface area contributed by atoms with Crippen LogP contribution in [0.2, 0.25) is 5.02 Å². The van der Waals surface area contributed by atoms with Crippen molar-refractivity contribution in [2.24, 2.45) is 0 Å². The van der Waals surface area contributed by atoms with Crippen molar-refractivity contribution < 1.29 is 23.0 Å². The molecule has 2 N–H and O–H groups in total. The molecule has 0 saturated heterocycles. The van der Waals surface area contributed by atoms with Crippen LogP contribution in [0.25, 0.3) is 20.7 Å². The lowest BCUT2D eigenvalue weighted by atomic mass is 10.1. The van der Waals surface area contributed by atoms with E-state index in [-0.39, 0.29) is 27.7 Å². The van der Waals surface area contributed by atoms with E-state index in [1.165, 1.54) is 6.20 Å². The predicted octanol–water partition coefficient (Wildman–Crippen LogP) is 4.59. The van der Waals surface area contributed by atoms with Gasteiger partial charge >= 0.3 is 11.9 Å². The number of H-pyrrole nitrogens is 1. The molecule has 0 saturated carbocycles. The van der Waals surface area contributed by atoms with E-state index in [0.29, 0.717) is 20.6 Å². The van der Waals surface area contributed by atoms with E-state index in [2.05, 4.69) is 4.98 Å². The minimum atomic E-state index is -4.93. The van der Waals surface area contributed by atoms with Crippen LogP contribution < -0.4 is 16.0 Å². The number of hydrogen-bond donors (Lipinski definition) is 2. The maximum atomic E-state index is 12.9. The van der Waals surface area contributed by atoms with Crippen molar-refractivity contribution in [1.82, 2.24) is 14.5 Å². The molecule has 12 heteroatoms. The highest BCUT2D eigenvalue weighted by molar-refractivity contribution is 7.22. The number of pyridine rings is 1. The number of hydrogen-bond acceptors (Lipinski definition) is 6. The van der Waals surface area contributed by atoms with E-state index in [1.807, 2.05) is 36.2 Å². The lowest BCUT2D eigenvalue weighted by Gasteiger charge is -2.15. The summed E-state index contributed by atoms with van der Waals surface area (Å²) in [7, 11) is 0. The van der Waals surface area contributed by atoms with Crippen molar-refractivity contribution >= 4 is 33.2 Å². The highest BCUT2D eigenvalue weighted by atomic mass is 35.5. The van der Waals surface area contributed by atoms with Crippen molar-refractivity contribution in [2.45, 2.75) is 39.3 Å². The number of aromatic amines is 1. The third-order valence-corrected chi connectivity index (χ3v) is 7.00. The Morgan fingerprint density at radius 1 is 1.23 bits per heavy atom. The number of thiophene rings is 1. The zero-order chi connectivity index (χ0) is 25.5. The second-order valence-electron chi connectivity index (χ2n) is 7.95. The number of aryl methyl sites for hydroxylation is 2. The van der Waals surface area contributed by atoms with E-state index in [0.717, 1.165) is 22.5 Å². The predicted molar refractivity (Wildman–Crippen MR) is 127 cm³/mol. The molecule has 3 heterocycles. The van der Waals surface area contributed by atoms with Crippen LogP contribution in [0.1, 0.15) is 16.7 Å². The minimum absolute atomic E-state index is 0.00497. The van der Waals surface area contributed by atoms with Gasteiger partial charge in [0.15, 0.2) is 6.10 Å². The van der Waals surface area contributed by atoms with Gasteiger partial charge in [0, 0.05) is 16.6 Å². The summed E-state index contributed by atoms with van der Waals surface area (Å²) in [6, 6.07) is 9.32. The first-order chi connectivity index (χ1) is 16.5. The second-order valence-corrected chi connectivity index (χ2v) is 9.36. The Hall–Kier alpha value is -3.15. The molecule has 0 aliphatic heterocycles. The van der Waals surface area contributed by atoms with Crippen molar-refractivity contribution in [1.29, 1.82) is 0 Å². The first kappa shape index (κ1) is 25.0. The number of aliphatic hydroxyl groups excluding tert-OH is 1. The van der Waals surface area contributed by atoms with Gasteiger partial charge in [0.25, 0.3) is 5.56 Å². The summed E-state index contributed by atoms with van der Waals surface area (Å²) >= 11 is 7.30. The van der Waals surface area contributed by atoms with Crippen molar-refractivity contribution in [3.05, 3.63) is 79.1 Å². The Balaban J connectivity index is 1.70. The first-order valence-corrected chi connectivity index (χ1v) is 11.5. The third-order valence-electron chi connectivity index (χ3n) is 5.37. The van der Waals surface area contributed by atoms with Gasteiger partial charge in [0.2, 0.25) is 5.88 Å². The molecule has 3 aromatic heterocycles. The number of benzene rings is 1. The average Bonchev–Trinajstić information content (AvgIpc) is 3.13. The SMILES string of the molecule is Cc1ccc(COc2ncc(-c3sc4c(c3C)c(=O)[nH]c(=O)n4CC(O)C(F)(F)F)cc2Cl)cc1. The maximum Gasteiger partial charge on any atom is 0.416 e. The number of fused-ring (bicyclic) bond motifs is 1. The highest BCUT2D eigenvalue weighted by Crippen LogP contribution is 2.38. The number of aliphatic hydroxyl groups is 1. The van der Waals surface area contributed by atoms with Crippen LogP contribution in [0.4, 0.5) is 13.2 Å². The second kappa shape index (κ2) is 9.48. The fraction of sp³-hybridized carbons (Fsp3) is 0.261. The number of rotatable bonds is 6. The average molecular weight is 526 g/mol. The molecule has 0 radical (unpaired) electrons. The summed E-state index contributed by atoms with van der Waals surface area (Å²) < 4.78 is 45.1. The summed E-state index contributed by atoms with van der Waals surface area (Å²) in [6.45, 7) is 2.77. The summed E-state index contributed by atoms with van der Waals surface area (Å²) in [5.41, 5.74) is 1.19. The normalized spacial score (nSPS) is 12.8. The van der Waals surface area contributed by atoms with Gasteiger partial charge in [0.1, 0.15) is 16.5 Å². The molecule has 0 amide bonds. The van der Waals surface area contributed by atoms with Crippen molar-refractivity contribution in [3.8, 4) is 16.3 Å². The van der Waals surface area contributed by atoms with Gasteiger partial charge in [-0.05, 0) is 31.0 Å². The fourth-order valence-electron chi connectivity index (χ4n) is 3.48. The van der Waals surface area contributed by atoms with Gasteiger partial charge in [0.05, 0.1) is 11.9 Å². The molecule has 7 nitrogen and oxygen atoms in total. The standard InChI is InChI=1S/C23H19ClF3N3O4S/c1-11-3-5-13(6-4-11)10-34-20-15(24)7-14(8-28-20)18-12(2)17-19(32)29-22(33)30(21(17)35-18)9-16(31)23(25,26)27/h3-8,16,31H,9-10H2,1-2H3,(H,29,32,33). The molecule has 0 spiro atoms. The number of halogens is 4. The number of aromatic nitrogens is 3. The zero-order valence-electron chi connectivity index (χ0n) is 18.4. The number of nitrogens with zero attached hydrogens (tertiary/aromatic N) is 2. The quantitative estimate of drug-likeness (QED) is 0.384. The smallest absolute Gasteiger partial charge is 0.416 e. The topological polar surface area (TPSA) is 97.2 Å². The van der Waals surface area contributed by atoms with Crippen LogP contribution >= 0.6 is 22.9 Å². The van der Waals surface area contributed by atoms with Gasteiger partial charge < -0.3 is 9.84 Å². The summed E-state index contributed by atoms with van der Waals surface area (Å²) in [5.74, 6) is 0.192. The summed E-state index contributed by atoms with van der Waals surface area (Å²) in [6.07, 6.45) is -6.24. The molecule has 0 aliphatic carbocycles. The van der Waals surface area contributed by atoms with Crippen LogP contribution in [0, 0.1) is 13.8 Å². The van der Waals surface area contributed by atoms with Crippen LogP contribution in [0.5, 0.6) is 5.88 Å². The number of nitrogens with one attached hydrogen (secondary N) is 1. The number of alkyl halides is 3. The van der Waals surface area contributed by atoms with Crippen LogP contribution in [-0.2, 0) is 13.2 Å². The maximum absolute atomic E-state index is 12.9. The fourth-order valence-corrected chi connectivity index (χ4v) is 5.00. The van der Waals surface area contributed by atoms with Gasteiger partial charge in [-0.15, -0.1) is 11.3 Å². The van der Waals surface area contributed by atoms with E-state index in [9.17, 15) is 27.9 Å². The molecule has 1 unspecified atom stereocenters. The molecule has 1 atom stereocenters. The van der Waals surface area contributed by atoms with E-state index >= 15 is 0 Å². The molecule has 4 rings (SSSR count). The highest BCUT2D eigenvalue weighted by Gasteiger charge is 2.39. The Labute approximate surface area is 205 Å².